The van der Waals surface area contributed by atoms with Crippen LogP contribution in [0.3, 0.4) is 0 Å². The minimum Gasteiger partial charge on any atom is -0.394 e. The monoisotopic (exact) mass is 350 g/mol. The third-order valence-corrected chi connectivity index (χ3v) is 4.39. The Morgan fingerprint density at radius 3 is 2.79 bits per heavy atom. The second-order valence-corrected chi connectivity index (χ2v) is 5.96. The minimum absolute atomic E-state index is 0.0557. The fourth-order valence-corrected chi connectivity index (χ4v) is 2.67. The molecule has 0 aliphatic rings. The van der Waals surface area contributed by atoms with Crippen molar-refractivity contribution < 1.29 is 14.3 Å². The number of nitrogens with zero attached hydrogens (tertiary/aromatic N) is 2. The van der Waals surface area contributed by atoms with Gasteiger partial charge in [-0.1, -0.05) is 29.8 Å². The molecule has 2 rings (SSSR count). The first-order valence-corrected chi connectivity index (χ1v) is 8.10. The summed E-state index contributed by atoms with van der Waals surface area (Å²) in [4.78, 5) is 18.1. The zero-order chi connectivity index (χ0) is 17.5. The van der Waals surface area contributed by atoms with E-state index in [1.165, 1.54) is 11.0 Å². The molecule has 0 aliphatic heterocycles. The van der Waals surface area contributed by atoms with Crippen molar-refractivity contribution in [3.05, 3.63) is 64.7 Å². The Morgan fingerprint density at radius 1 is 1.33 bits per heavy atom. The molecule has 0 aliphatic carbocycles. The Hall–Kier alpha value is -1.98. The molecule has 128 valence electrons. The number of aryl methyl sites for hydroxylation is 1. The predicted octanol–water partition coefficient (Wildman–Crippen LogP) is 2.87. The van der Waals surface area contributed by atoms with Gasteiger partial charge in [-0.2, -0.15) is 0 Å². The van der Waals surface area contributed by atoms with E-state index in [0.717, 1.165) is 5.69 Å². The van der Waals surface area contributed by atoms with Crippen LogP contribution >= 0.6 is 11.6 Å². The van der Waals surface area contributed by atoms with E-state index in [1.807, 2.05) is 18.2 Å². The number of carbonyl (C=O) groups is 1. The Morgan fingerprint density at radius 2 is 2.12 bits per heavy atom. The average molecular weight is 351 g/mol. The lowest BCUT2D eigenvalue weighted by atomic mass is 10.1. The lowest BCUT2D eigenvalue weighted by Gasteiger charge is -2.26. The summed E-state index contributed by atoms with van der Waals surface area (Å²) < 4.78 is 13.4. The predicted molar refractivity (Wildman–Crippen MR) is 91.3 cm³/mol. The summed E-state index contributed by atoms with van der Waals surface area (Å²) in [5.41, 5.74) is 1.41. The first kappa shape index (κ1) is 18.4. The van der Waals surface area contributed by atoms with E-state index in [0.29, 0.717) is 18.4 Å². The van der Waals surface area contributed by atoms with Crippen LogP contribution in [0.1, 0.15) is 17.7 Å². The number of aliphatic hydroxyl groups excluding tert-OH is 1. The summed E-state index contributed by atoms with van der Waals surface area (Å²) in [5.74, 6) is -0.622. The molecule has 1 N–H and O–H groups in total. The molecule has 2 aromatic rings. The van der Waals surface area contributed by atoms with Gasteiger partial charge in [-0.15, -0.1) is 0 Å². The molecule has 1 heterocycles. The quantitative estimate of drug-likeness (QED) is 0.835. The van der Waals surface area contributed by atoms with Gasteiger partial charge in [-0.3, -0.25) is 9.78 Å². The van der Waals surface area contributed by atoms with Crippen molar-refractivity contribution in [1.29, 1.82) is 0 Å². The van der Waals surface area contributed by atoms with Crippen LogP contribution in [0, 0.1) is 5.82 Å². The number of rotatable bonds is 7. The average Bonchev–Trinajstić information content (AvgIpc) is 2.61. The summed E-state index contributed by atoms with van der Waals surface area (Å²) >= 11 is 5.91. The normalized spacial score (nSPS) is 12.0. The van der Waals surface area contributed by atoms with Gasteiger partial charge in [-0.05, 0) is 30.2 Å². The van der Waals surface area contributed by atoms with Crippen LogP contribution in [0.25, 0.3) is 0 Å². The maximum atomic E-state index is 13.4. The zero-order valence-corrected chi connectivity index (χ0v) is 14.2. The van der Waals surface area contributed by atoms with Gasteiger partial charge in [0.05, 0.1) is 17.7 Å². The molecule has 0 spiro atoms. The van der Waals surface area contributed by atoms with Gasteiger partial charge in [0.25, 0.3) is 0 Å². The van der Waals surface area contributed by atoms with Gasteiger partial charge in [0.1, 0.15) is 5.82 Å². The molecule has 0 saturated carbocycles. The molecule has 0 saturated heterocycles. The van der Waals surface area contributed by atoms with E-state index in [2.05, 4.69) is 4.98 Å². The Kier molecular flexibility index (Phi) is 6.70. The molecule has 1 aromatic carbocycles. The van der Waals surface area contributed by atoms with E-state index in [-0.39, 0.29) is 30.0 Å². The number of amides is 1. The highest BCUT2D eigenvalue weighted by molar-refractivity contribution is 6.31. The van der Waals surface area contributed by atoms with Crippen molar-refractivity contribution >= 4 is 17.5 Å². The fourth-order valence-electron chi connectivity index (χ4n) is 2.45. The molecule has 4 nitrogen and oxygen atoms in total. The third kappa shape index (κ3) is 4.76. The van der Waals surface area contributed by atoms with Crippen LogP contribution in [0.5, 0.6) is 0 Å². The molecule has 0 unspecified atom stereocenters. The number of aromatic nitrogens is 1. The number of carbonyl (C=O) groups excluding carboxylic acids is 1. The maximum absolute atomic E-state index is 13.4. The largest absolute Gasteiger partial charge is 0.394 e. The molecular weight excluding hydrogens is 331 g/mol. The van der Waals surface area contributed by atoms with E-state index >= 15 is 0 Å². The van der Waals surface area contributed by atoms with E-state index in [1.54, 1.807) is 25.4 Å². The molecule has 24 heavy (non-hydrogen) atoms. The minimum atomic E-state index is -0.488. The lowest BCUT2D eigenvalue weighted by molar-refractivity contribution is -0.132. The standard InChI is InChI=1S/C18H20ClFN2O2/c1-22(15(12-23)11-14-6-2-3-10-21-14)17(24)9-8-13-5-4-7-16(20)18(13)19/h2-7,10,15,23H,8-9,11-12H2,1H3/t15-/m0/s1. The van der Waals surface area contributed by atoms with Crippen molar-refractivity contribution in [2.75, 3.05) is 13.7 Å². The van der Waals surface area contributed by atoms with Crippen LogP contribution < -0.4 is 0 Å². The van der Waals surface area contributed by atoms with Gasteiger partial charge in [0.15, 0.2) is 0 Å². The first-order valence-electron chi connectivity index (χ1n) is 7.72. The molecule has 0 radical (unpaired) electrons. The Labute approximate surface area is 145 Å². The number of hydrogen-bond donors (Lipinski definition) is 1. The van der Waals surface area contributed by atoms with Crippen LogP contribution in [-0.4, -0.2) is 40.6 Å². The van der Waals surface area contributed by atoms with Crippen molar-refractivity contribution in [2.45, 2.75) is 25.3 Å². The summed E-state index contributed by atoms with van der Waals surface area (Å²) in [6.45, 7) is -0.153. The van der Waals surface area contributed by atoms with Crippen molar-refractivity contribution in [2.24, 2.45) is 0 Å². The lowest BCUT2D eigenvalue weighted by Crippen LogP contribution is -2.41. The fraction of sp³-hybridized carbons (Fsp3) is 0.333. The summed E-state index contributed by atoms with van der Waals surface area (Å²) in [6, 6.07) is 9.75. The number of benzene rings is 1. The maximum Gasteiger partial charge on any atom is 0.222 e. The van der Waals surface area contributed by atoms with Crippen LogP contribution in [0.15, 0.2) is 42.6 Å². The molecule has 1 amide bonds. The molecule has 6 heteroatoms. The van der Waals surface area contributed by atoms with E-state index < -0.39 is 5.82 Å². The molecule has 1 aromatic heterocycles. The van der Waals surface area contributed by atoms with Gasteiger partial charge in [0.2, 0.25) is 5.91 Å². The zero-order valence-electron chi connectivity index (χ0n) is 13.5. The second kappa shape index (κ2) is 8.76. The Balaban J connectivity index is 1.96. The summed E-state index contributed by atoms with van der Waals surface area (Å²) in [6.07, 6.45) is 2.69. The highest BCUT2D eigenvalue weighted by atomic mass is 35.5. The molecular formula is C18H20ClFN2O2. The Bertz CT molecular complexity index is 682. The second-order valence-electron chi connectivity index (χ2n) is 5.58. The first-order chi connectivity index (χ1) is 11.5. The molecule has 1 atom stereocenters. The van der Waals surface area contributed by atoms with Gasteiger partial charge < -0.3 is 10.0 Å². The van der Waals surface area contributed by atoms with Crippen LogP contribution in [-0.2, 0) is 17.6 Å². The topological polar surface area (TPSA) is 53.4 Å². The van der Waals surface area contributed by atoms with Gasteiger partial charge >= 0.3 is 0 Å². The van der Waals surface area contributed by atoms with Gasteiger partial charge in [-0.25, -0.2) is 4.39 Å². The van der Waals surface area contributed by atoms with Crippen molar-refractivity contribution in [3.63, 3.8) is 0 Å². The van der Waals surface area contributed by atoms with E-state index in [4.69, 9.17) is 11.6 Å². The smallest absolute Gasteiger partial charge is 0.222 e. The van der Waals surface area contributed by atoms with Gasteiger partial charge in [0, 0.05) is 31.8 Å². The summed E-state index contributed by atoms with van der Waals surface area (Å²) in [5, 5.41) is 9.64. The number of halogens is 2. The third-order valence-electron chi connectivity index (χ3n) is 3.96. The van der Waals surface area contributed by atoms with Crippen LogP contribution in [0.4, 0.5) is 4.39 Å². The number of likely N-dealkylation sites (N-methyl/N-ethyl adjacent to an activating group) is 1. The SMILES string of the molecule is CN(C(=O)CCc1cccc(F)c1Cl)[C@H](CO)Cc1ccccn1. The highest BCUT2D eigenvalue weighted by Crippen LogP contribution is 2.21. The van der Waals surface area contributed by atoms with Crippen molar-refractivity contribution in [1.82, 2.24) is 9.88 Å². The number of aliphatic hydroxyl groups is 1. The van der Waals surface area contributed by atoms with E-state index in [9.17, 15) is 14.3 Å². The number of pyridine rings is 1. The van der Waals surface area contributed by atoms with Crippen LogP contribution in [0.2, 0.25) is 5.02 Å². The number of hydrogen-bond acceptors (Lipinski definition) is 3. The highest BCUT2D eigenvalue weighted by Gasteiger charge is 2.20. The summed E-state index contributed by atoms with van der Waals surface area (Å²) in [7, 11) is 1.65. The molecule has 0 bridgehead atoms. The van der Waals surface area contributed by atoms with Crippen molar-refractivity contribution in [3.8, 4) is 0 Å². The molecule has 0 fully saturated rings.